The number of hydrogen-bond acceptors (Lipinski definition) is 6. The second-order valence-electron chi connectivity index (χ2n) is 6.49. The van der Waals surface area contributed by atoms with Gasteiger partial charge in [0.1, 0.15) is 28.9 Å². The number of anilines is 3. The molecule has 164 valence electrons. The Morgan fingerprint density at radius 1 is 1.03 bits per heavy atom. The Morgan fingerprint density at radius 2 is 1.71 bits per heavy atom. The normalized spacial score (nSPS) is 12.4. The molecule has 0 saturated heterocycles. The van der Waals surface area contributed by atoms with Crippen LogP contribution in [0.2, 0.25) is 0 Å². The van der Waals surface area contributed by atoms with Crippen LogP contribution in [0.15, 0.2) is 48.5 Å². The van der Waals surface area contributed by atoms with Crippen molar-refractivity contribution in [3.63, 3.8) is 0 Å². The number of nitrogens with one attached hydrogen (secondary N) is 2. The predicted octanol–water partition coefficient (Wildman–Crippen LogP) is 4.86. The number of aliphatic hydroxyl groups excluding tert-OH is 1. The number of hydrogen-bond donors (Lipinski definition) is 3. The van der Waals surface area contributed by atoms with Crippen LogP contribution in [0.4, 0.5) is 39.4 Å². The molecule has 6 nitrogen and oxygen atoms in total. The second kappa shape index (κ2) is 9.13. The van der Waals surface area contributed by atoms with Crippen molar-refractivity contribution in [2.45, 2.75) is 19.3 Å². The minimum absolute atomic E-state index is 0.0135. The molecule has 0 bridgehead atoms. The molecular formula is C20H17F5N4O2. The zero-order valence-corrected chi connectivity index (χ0v) is 16.0. The molecule has 0 radical (unpaired) electrons. The lowest BCUT2D eigenvalue weighted by molar-refractivity contribution is -0.274. The Morgan fingerprint density at radius 3 is 2.35 bits per heavy atom. The number of rotatable bonds is 7. The van der Waals surface area contributed by atoms with Crippen LogP contribution in [0.3, 0.4) is 0 Å². The van der Waals surface area contributed by atoms with Gasteiger partial charge >= 0.3 is 6.36 Å². The van der Waals surface area contributed by atoms with Crippen molar-refractivity contribution in [2.24, 2.45) is 0 Å². The van der Waals surface area contributed by atoms with Crippen LogP contribution in [0.5, 0.6) is 5.75 Å². The van der Waals surface area contributed by atoms with E-state index in [-0.39, 0.29) is 29.6 Å². The molecule has 0 amide bonds. The highest BCUT2D eigenvalue weighted by atomic mass is 19.4. The molecule has 1 aromatic heterocycles. The van der Waals surface area contributed by atoms with Crippen LogP contribution in [0.1, 0.15) is 6.92 Å². The zero-order chi connectivity index (χ0) is 22.6. The molecule has 2 aromatic carbocycles. The van der Waals surface area contributed by atoms with E-state index < -0.39 is 35.5 Å². The first-order valence-electron chi connectivity index (χ1n) is 8.98. The minimum atomic E-state index is -4.87. The Kier molecular flexibility index (Phi) is 6.54. The van der Waals surface area contributed by atoms with Gasteiger partial charge in [-0.2, -0.15) is 4.98 Å². The SMILES string of the molecule is C[C@H](CO)Nc1nc(Nc2c(F)cccc2F)cc(-c2cccc(OC(F)(F)F)c2)n1. The number of halogens is 5. The number of aliphatic hydroxyl groups is 1. The fraction of sp³-hybridized carbons (Fsp3) is 0.200. The first-order chi connectivity index (χ1) is 14.6. The molecule has 11 heteroatoms. The molecule has 1 heterocycles. The minimum Gasteiger partial charge on any atom is -0.406 e. The zero-order valence-electron chi connectivity index (χ0n) is 16.0. The molecular weight excluding hydrogens is 423 g/mol. The molecule has 1 atom stereocenters. The Hall–Kier alpha value is -3.47. The molecule has 0 fully saturated rings. The summed E-state index contributed by atoms with van der Waals surface area (Å²) in [5, 5.41) is 14.6. The molecule has 31 heavy (non-hydrogen) atoms. The Labute approximate surface area is 173 Å². The van der Waals surface area contributed by atoms with Gasteiger partial charge in [-0.3, -0.25) is 0 Å². The van der Waals surface area contributed by atoms with Crippen molar-refractivity contribution < 1.29 is 31.8 Å². The van der Waals surface area contributed by atoms with Crippen molar-refractivity contribution in [3.8, 4) is 17.0 Å². The maximum Gasteiger partial charge on any atom is 0.573 e. The number of ether oxygens (including phenoxy) is 1. The highest BCUT2D eigenvalue weighted by Gasteiger charge is 2.31. The highest BCUT2D eigenvalue weighted by Crippen LogP contribution is 2.30. The molecule has 3 aromatic rings. The van der Waals surface area contributed by atoms with Crippen molar-refractivity contribution in [3.05, 3.63) is 60.2 Å². The van der Waals surface area contributed by atoms with E-state index in [1.165, 1.54) is 24.3 Å². The Balaban J connectivity index is 2.03. The maximum atomic E-state index is 14.0. The van der Waals surface area contributed by atoms with Gasteiger partial charge in [0.2, 0.25) is 5.95 Å². The highest BCUT2D eigenvalue weighted by molar-refractivity contribution is 5.68. The summed E-state index contributed by atoms with van der Waals surface area (Å²) in [7, 11) is 0. The summed E-state index contributed by atoms with van der Waals surface area (Å²) in [5.74, 6) is -2.22. The van der Waals surface area contributed by atoms with Crippen molar-refractivity contribution in [1.82, 2.24) is 9.97 Å². The van der Waals surface area contributed by atoms with Gasteiger partial charge in [0.05, 0.1) is 12.3 Å². The van der Waals surface area contributed by atoms with Crippen LogP contribution in [0.25, 0.3) is 11.3 Å². The van der Waals surface area contributed by atoms with Crippen molar-refractivity contribution >= 4 is 17.5 Å². The van der Waals surface area contributed by atoms with E-state index >= 15 is 0 Å². The molecule has 3 N–H and O–H groups in total. The van der Waals surface area contributed by atoms with Crippen LogP contribution >= 0.6 is 0 Å². The largest absolute Gasteiger partial charge is 0.573 e. The average molecular weight is 440 g/mol. The molecule has 0 aliphatic heterocycles. The number of nitrogens with zero attached hydrogens (tertiary/aromatic N) is 2. The summed E-state index contributed by atoms with van der Waals surface area (Å²) in [6, 6.07) is 9.22. The van der Waals surface area contributed by atoms with E-state index in [2.05, 4.69) is 25.3 Å². The number of aromatic nitrogens is 2. The van der Waals surface area contributed by atoms with Crippen molar-refractivity contribution in [2.75, 3.05) is 17.2 Å². The second-order valence-corrected chi connectivity index (χ2v) is 6.49. The standard InChI is InChI=1S/C20H17F5N4O2/c1-11(10-30)26-19-27-16(12-4-2-5-13(8-12)31-20(23,24)25)9-17(29-19)28-18-14(21)6-3-7-15(18)22/h2-9,11,30H,10H2,1H3,(H2,26,27,28,29)/t11-/m1/s1. The number of alkyl halides is 3. The smallest absolute Gasteiger partial charge is 0.406 e. The van der Waals surface area contributed by atoms with E-state index in [0.29, 0.717) is 0 Å². The third-order valence-electron chi connectivity index (χ3n) is 3.95. The summed E-state index contributed by atoms with van der Waals surface area (Å²) in [5.41, 5.74) is -0.0714. The van der Waals surface area contributed by atoms with Gasteiger partial charge < -0.3 is 20.5 Å². The van der Waals surface area contributed by atoms with Crippen LogP contribution in [-0.4, -0.2) is 34.1 Å². The summed E-state index contributed by atoms with van der Waals surface area (Å²) in [6.45, 7) is 1.38. The summed E-state index contributed by atoms with van der Waals surface area (Å²) in [6.07, 6.45) is -4.87. The average Bonchev–Trinajstić information content (AvgIpc) is 2.69. The maximum absolute atomic E-state index is 14.0. The summed E-state index contributed by atoms with van der Waals surface area (Å²) in [4.78, 5) is 8.34. The topological polar surface area (TPSA) is 79.3 Å². The van der Waals surface area contributed by atoms with E-state index in [0.717, 1.165) is 24.3 Å². The molecule has 0 unspecified atom stereocenters. The molecule has 0 aliphatic carbocycles. The van der Waals surface area contributed by atoms with E-state index in [4.69, 9.17) is 0 Å². The van der Waals surface area contributed by atoms with Crippen molar-refractivity contribution in [1.29, 1.82) is 0 Å². The van der Waals surface area contributed by atoms with E-state index in [1.807, 2.05) is 0 Å². The molecule has 0 aliphatic rings. The van der Waals surface area contributed by atoms with Gasteiger partial charge in [0.25, 0.3) is 0 Å². The Bertz CT molecular complexity index is 1040. The third-order valence-corrected chi connectivity index (χ3v) is 3.95. The van der Waals surface area contributed by atoms with Gasteiger partial charge in [-0.05, 0) is 31.2 Å². The summed E-state index contributed by atoms with van der Waals surface area (Å²) < 4.78 is 69.6. The number of benzene rings is 2. The lowest BCUT2D eigenvalue weighted by atomic mass is 10.1. The predicted molar refractivity (Wildman–Crippen MR) is 104 cm³/mol. The fourth-order valence-electron chi connectivity index (χ4n) is 2.59. The van der Waals surface area contributed by atoms with E-state index in [1.54, 1.807) is 6.92 Å². The van der Waals surface area contributed by atoms with Gasteiger partial charge in [-0.1, -0.05) is 18.2 Å². The van der Waals surface area contributed by atoms with Gasteiger partial charge in [0.15, 0.2) is 0 Å². The van der Waals surface area contributed by atoms with Gasteiger partial charge in [-0.25, -0.2) is 13.8 Å². The van der Waals surface area contributed by atoms with Crippen LogP contribution < -0.4 is 15.4 Å². The van der Waals surface area contributed by atoms with Gasteiger partial charge in [0, 0.05) is 17.7 Å². The van der Waals surface area contributed by atoms with Crippen LogP contribution in [-0.2, 0) is 0 Å². The quantitative estimate of drug-likeness (QED) is 0.456. The van der Waals surface area contributed by atoms with Gasteiger partial charge in [-0.15, -0.1) is 13.2 Å². The molecule has 0 saturated carbocycles. The third kappa shape index (κ3) is 6.01. The lowest BCUT2D eigenvalue weighted by Crippen LogP contribution is -2.21. The van der Waals surface area contributed by atoms with Crippen LogP contribution in [0, 0.1) is 11.6 Å². The first-order valence-corrected chi connectivity index (χ1v) is 8.98. The summed E-state index contributed by atoms with van der Waals surface area (Å²) >= 11 is 0. The molecule has 0 spiro atoms. The van der Waals surface area contributed by atoms with E-state index in [9.17, 15) is 27.1 Å². The number of para-hydroxylation sites is 1. The lowest BCUT2D eigenvalue weighted by Gasteiger charge is -2.15. The molecule has 3 rings (SSSR count). The first kappa shape index (κ1) is 22.2. The monoisotopic (exact) mass is 440 g/mol. The fourth-order valence-corrected chi connectivity index (χ4v) is 2.59.